The molecule has 1 aromatic heterocycles. The van der Waals surface area contributed by atoms with Crippen molar-refractivity contribution in [2.75, 3.05) is 14.2 Å². The first-order chi connectivity index (χ1) is 12.7. The van der Waals surface area contributed by atoms with Crippen LogP contribution < -0.4 is 9.54 Å². The van der Waals surface area contributed by atoms with E-state index in [2.05, 4.69) is 17.3 Å². The van der Waals surface area contributed by atoms with Gasteiger partial charge in [-0.2, -0.15) is 5.10 Å². The second kappa shape index (κ2) is 8.01. The summed E-state index contributed by atoms with van der Waals surface area (Å²) in [6, 6.07) is 15.0. The van der Waals surface area contributed by atoms with E-state index in [0.717, 1.165) is 39.5 Å². The molecule has 0 bridgehead atoms. The summed E-state index contributed by atoms with van der Waals surface area (Å²) in [5.74, 6) is 1.06. The number of phenols is 1. The summed E-state index contributed by atoms with van der Waals surface area (Å²) in [6.07, 6.45) is 0.763. The Bertz CT molecular complexity index is 968. The molecule has 0 amide bonds. The van der Waals surface area contributed by atoms with Crippen LogP contribution in [-0.4, -0.2) is 29.7 Å². The first kappa shape index (κ1) is 17.9. The molecular weight excluding hydrogens is 346 g/mol. The molecule has 0 fully saturated rings. The molecule has 2 aromatic carbocycles. The second-order valence-electron chi connectivity index (χ2n) is 5.61. The van der Waals surface area contributed by atoms with E-state index >= 15 is 0 Å². The van der Waals surface area contributed by atoms with Crippen molar-refractivity contribution in [1.29, 1.82) is 0 Å². The van der Waals surface area contributed by atoms with Crippen molar-refractivity contribution >= 4 is 17.0 Å². The maximum absolute atomic E-state index is 9.52. The second-order valence-corrected chi connectivity index (χ2v) is 6.45. The van der Waals surface area contributed by atoms with Crippen LogP contribution in [0.15, 0.2) is 64.0 Å². The SMILES string of the molecule is CCC(=Nn1c(-c2ccc(OC)cc2)csc1=NC)c1ccc(O)cc1. The van der Waals surface area contributed by atoms with Gasteiger partial charge >= 0.3 is 0 Å². The molecule has 6 heteroatoms. The monoisotopic (exact) mass is 367 g/mol. The molecule has 0 radical (unpaired) electrons. The highest BCUT2D eigenvalue weighted by molar-refractivity contribution is 7.07. The van der Waals surface area contributed by atoms with E-state index in [1.165, 1.54) is 0 Å². The van der Waals surface area contributed by atoms with E-state index < -0.39 is 0 Å². The molecule has 0 atom stereocenters. The van der Waals surface area contributed by atoms with Crippen molar-refractivity contribution in [3.05, 3.63) is 64.3 Å². The summed E-state index contributed by atoms with van der Waals surface area (Å²) in [7, 11) is 3.42. The molecule has 0 aliphatic rings. The van der Waals surface area contributed by atoms with E-state index in [-0.39, 0.29) is 5.75 Å². The zero-order chi connectivity index (χ0) is 18.5. The number of ether oxygens (including phenoxy) is 1. The van der Waals surface area contributed by atoms with Gasteiger partial charge in [0.1, 0.15) is 11.5 Å². The Morgan fingerprint density at radius 2 is 1.81 bits per heavy atom. The Balaban J connectivity index is 2.10. The summed E-state index contributed by atoms with van der Waals surface area (Å²) in [6.45, 7) is 2.06. The summed E-state index contributed by atoms with van der Waals surface area (Å²) in [4.78, 5) is 5.18. The minimum Gasteiger partial charge on any atom is -0.508 e. The van der Waals surface area contributed by atoms with Crippen LogP contribution in [0.5, 0.6) is 11.5 Å². The number of methoxy groups -OCH3 is 1. The number of aromatic nitrogens is 1. The maximum Gasteiger partial charge on any atom is 0.205 e. The Morgan fingerprint density at radius 1 is 1.12 bits per heavy atom. The summed E-state index contributed by atoms with van der Waals surface area (Å²) in [5, 5.41) is 16.4. The van der Waals surface area contributed by atoms with Gasteiger partial charge in [0.15, 0.2) is 0 Å². The summed E-state index contributed by atoms with van der Waals surface area (Å²) >= 11 is 1.55. The summed E-state index contributed by atoms with van der Waals surface area (Å²) in [5.41, 5.74) is 3.92. The van der Waals surface area contributed by atoms with E-state index in [9.17, 15) is 5.11 Å². The van der Waals surface area contributed by atoms with E-state index in [0.29, 0.717) is 0 Å². The number of hydrogen-bond donors (Lipinski definition) is 1. The van der Waals surface area contributed by atoms with Crippen molar-refractivity contribution in [3.8, 4) is 22.8 Å². The average molecular weight is 367 g/mol. The normalized spacial score (nSPS) is 12.4. The van der Waals surface area contributed by atoms with Crippen LogP contribution in [0.1, 0.15) is 18.9 Å². The first-order valence-electron chi connectivity index (χ1n) is 8.31. The van der Waals surface area contributed by atoms with Crippen LogP contribution in [0, 0.1) is 0 Å². The quantitative estimate of drug-likeness (QED) is 0.690. The number of benzene rings is 2. The molecule has 0 spiro atoms. The largest absolute Gasteiger partial charge is 0.508 e. The van der Waals surface area contributed by atoms with E-state index in [1.54, 1.807) is 37.6 Å². The summed E-state index contributed by atoms with van der Waals surface area (Å²) < 4.78 is 7.11. The van der Waals surface area contributed by atoms with Crippen LogP contribution in [0.2, 0.25) is 0 Å². The Morgan fingerprint density at radius 3 is 2.38 bits per heavy atom. The molecule has 1 N–H and O–H groups in total. The number of thiazole rings is 1. The van der Waals surface area contributed by atoms with Gasteiger partial charge in [-0.25, -0.2) is 4.68 Å². The third kappa shape index (κ3) is 3.70. The van der Waals surface area contributed by atoms with Crippen molar-refractivity contribution in [1.82, 2.24) is 4.68 Å². The highest BCUT2D eigenvalue weighted by atomic mass is 32.1. The van der Waals surface area contributed by atoms with Gasteiger partial charge in [-0.15, -0.1) is 11.3 Å². The van der Waals surface area contributed by atoms with Gasteiger partial charge in [-0.1, -0.05) is 6.92 Å². The molecule has 0 aliphatic heterocycles. The number of rotatable bonds is 5. The molecule has 5 nitrogen and oxygen atoms in total. The van der Waals surface area contributed by atoms with Crippen molar-refractivity contribution in [2.45, 2.75) is 13.3 Å². The Kier molecular flexibility index (Phi) is 5.53. The van der Waals surface area contributed by atoms with E-state index in [4.69, 9.17) is 9.84 Å². The highest BCUT2D eigenvalue weighted by Gasteiger charge is 2.10. The molecule has 3 rings (SSSR count). The molecule has 0 saturated carbocycles. The van der Waals surface area contributed by atoms with E-state index in [1.807, 2.05) is 41.1 Å². The fraction of sp³-hybridized carbons (Fsp3) is 0.200. The molecule has 3 aromatic rings. The van der Waals surface area contributed by atoms with Gasteiger partial charge in [-0.3, -0.25) is 4.99 Å². The molecule has 134 valence electrons. The van der Waals surface area contributed by atoms with Crippen LogP contribution in [0.25, 0.3) is 11.3 Å². The molecule has 0 saturated heterocycles. The van der Waals surface area contributed by atoms with Crippen molar-refractivity contribution < 1.29 is 9.84 Å². The number of hydrogen-bond acceptors (Lipinski definition) is 5. The zero-order valence-electron chi connectivity index (χ0n) is 15.0. The van der Waals surface area contributed by atoms with Crippen LogP contribution >= 0.6 is 11.3 Å². The smallest absolute Gasteiger partial charge is 0.205 e. The van der Waals surface area contributed by atoms with Gasteiger partial charge in [0, 0.05) is 18.0 Å². The van der Waals surface area contributed by atoms with Crippen LogP contribution in [0.3, 0.4) is 0 Å². The molecular formula is C20H21N3O2S. The predicted octanol–water partition coefficient (Wildman–Crippen LogP) is 4.12. The Hall–Kier alpha value is -2.86. The lowest BCUT2D eigenvalue weighted by molar-refractivity contribution is 0.415. The van der Waals surface area contributed by atoms with Crippen molar-refractivity contribution in [3.63, 3.8) is 0 Å². The number of aromatic hydroxyl groups is 1. The lowest BCUT2D eigenvalue weighted by atomic mass is 10.1. The molecule has 0 unspecified atom stereocenters. The van der Waals surface area contributed by atoms with Crippen LogP contribution in [0.4, 0.5) is 0 Å². The number of phenolic OH excluding ortho intramolecular Hbond substituents is 1. The lowest BCUT2D eigenvalue weighted by Crippen LogP contribution is -2.14. The molecule has 0 aliphatic carbocycles. The maximum atomic E-state index is 9.52. The topological polar surface area (TPSA) is 59.1 Å². The van der Waals surface area contributed by atoms with Gasteiger partial charge in [0.05, 0.1) is 18.5 Å². The third-order valence-corrected chi connectivity index (χ3v) is 4.93. The molecule has 26 heavy (non-hydrogen) atoms. The fourth-order valence-corrected chi connectivity index (χ4v) is 3.41. The van der Waals surface area contributed by atoms with Crippen LogP contribution in [-0.2, 0) is 0 Å². The standard InChI is InChI=1S/C20H21N3O2S/c1-4-18(14-5-9-16(24)10-6-14)22-23-19(13-26-20(23)21-2)15-7-11-17(25-3)12-8-15/h5-13,24H,4H2,1-3H3. The van der Waals surface area contributed by atoms with Gasteiger partial charge < -0.3 is 9.84 Å². The Labute approximate surface area is 156 Å². The minimum atomic E-state index is 0.246. The predicted molar refractivity (Wildman–Crippen MR) is 106 cm³/mol. The fourth-order valence-electron chi connectivity index (χ4n) is 2.61. The van der Waals surface area contributed by atoms with Gasteiger partial charge in [0.25, 0.3) is 0 Å². The average Bonchev–Trinajstić information content (AvgIpc) is 3.09. The highest BCUT2D eigenvalue weighted by Crippen LogP contribution is 2.23. The van der Waals surface area contributed by atoms with Gasteiger partial charge in [0.2, 0.25) is 4.80 Å². The van der Waals surface area contributed by atoms with Crippen molar-refractivity contribution in [2.24, 2.45) is 10.1 Å². The minimum absolute atomic E-state index is 0.246. The third-order valence-electron chi connectivity index (χ3n) is 4.02. The molecule has 1 heterocycles. The lowest BCUT2D eigenvalue weighted by Gasteiger charge is -2.08. The first-order valence-corrected chi connectivity index (χ1v) is 9.19. The van der Waals surface area contributed by atoms with Gasteiger partial charge in [-0.05, 0) is 60.5 Å². The number of nitrogens with zero attached hydrogens (tertiary/aromatic N) is 3. The zero-order valence-corrected chi connectivity index (χ0v) is 15.8.